The summed E-state index contributed by atoms with van der Waals surface area (Å²) in [7, 11) is 0. The van der Waals surface area contributed by atoms with Crippen LogP contribution in [0.15, 0.2) is 34.3 Å². The van der Waals surface area contributed by atoms with Crippen molar-refractivity contribution in [1.29, 1.82) is 0 Å². The molecule has 0 unspecified atom stereocenters. The highest BCUT2D eigenvalue weighted by Gasteiger charge is 2.60. The van der Waals surface area contributed by atoms with Crippen molar-refractivity contribution in [3.8, 4) is 0 Å². The van der Waals surface area contributed by atoms with Gasteiger partial charge >= 0.3 is 0 Å². The number of aryl methyl sites for hydroxylation is 1. The Balaban J connectivity index is 1.77. The molecule has 1 aromatic carbocycles. The summed E-state index contributed by atoms with van der Waals surface area (Å²) in [6.45, 7) is 10.3. The Bertz CT molecular complexity index is 766. The summed E-state index contributed by atoms with van der Waals surface area (Å²) in [6, 6.07) is 5.56. The predicted octanol–water partition coefficient (Wildman–Crippen LogP) is 4.31. The first-order valence-electron chi connectivity index (χ1n) is 7.62. The van der Waals surface area contributed by atoms with Gasteiger partial charge in [-0.25, -0.2) is 4.98 Å². The van der Waals surface area contributed by atoms with Gasteiger partial charge in [0.05, 0.1) is 5.92 Å². The topological polar surface area (TPSA) is 55.1 Å². The molecule has 1 N–H and O–H groups in total. The molecule has 4 nitrogen and oxygen atoms in total. The van der Waals surface area contributed by atoms with Crippen LogP contribution in [-0.2, 0) is 4.79 Å². The van der Waals surface area contributed by atoms with Crippen LogP contribution in [0.3, 0.4) is 0 Å². The van der Waals surface area contributed by atoms with Crippen LogP contribution >= 0.6 is 0 Å². The van der Waals surface area contributed by atoms with Gasteiger partial charge in [0.2, 0.25) is 5.91 Å². The number of carbonyl (C=O) groups is 1. The van der Waals surface area contributed by atoms with Crippen LogP contribution in [0, 0.1) is 24.2 Å². The number of oxazole rings is 1. The van der Waals surface area contributed by atoms with Crippen molar-refractivity contribution in [3.05, 3.63) is 35.7 Å². The average Bonchev–Trinajstić information content (AvgIpc) is 2.75. The van der Waals surface area contributed by atoms with Crippen LogP contribution < -0.4 is 5.32 Å². The van der Waals surface area contributed by atoms with E-state index < -0.39 is 0 Å². The second kappa shape index (κ2) is 4.97. The molecule has 1 amide bonds. The summed E-state index contributed by atoms with van der Waals surface area (Å²) in [5, 5.41) is 3.01. The SMILES string of the molecule is CC(C)=C[C@@H]1[C@H](C(=O)Nc2ccc3oc(C)nc3c2)C1(C)C. The van der Waals surface area contributed by atoms with Gasteiger partial charge in [-0.3, -0.25) is 4.79 Å². The lowest BCUT2D eigenvalue weighted by atomic mass is 10.1. The highest BCUT2D eigenvalue weighted by molar-refractivity contribution is 5.97. The summed E-state index contributed by atoms with van der Waals surface area (Å²) in [5.74, 6) is 1.05. The molecule has 1 fully saturated rings. The van der Waals surface area contributed by atoms with Gasteiger partial charge in [-0.05, 0) is 43.4 Å². The molecule has 1 saturated carbocycles. The molecule has 0 spiro atoms. The zero-order chi connectivity index (χ0) is 16.1. The maximum Gasteiger partial charge on any atom is 0.228 e. The molecule has 4 heteroatoms. The van der Waals surface area contributed by atoms with Gasteiger partial charge in [0.15, 0.2) is 11.5 Å². The third kappa shape index (κ3) is 2.54. The van der Waals surface area contributed by atoms with Crippen molar-refractivity contribution in [2.45, 2.75) is 34.6 Å². The number of carbonyl (C=O) groups excluding carboxylic acids is 1. The average molecular weight is 298 g/mol. The van der Waals surface area contributed by atoms with E-state index >= 15 is 0 Å². The maximum absolute atomic E-state index is 12.5. The number of nitrogens with zero attached hydrogens (tertiary/aromatic N) is 1. The molecule has 1 aliphatic carbocycles. The van der Waals surface area contributed by atoms with E-state index in [0.717, 1.165) is 16.8 Å². The molecule has 3 rings (SSSR count). The lowest BCUT2D eigenvalue weighted by molar-refractivity contribution is -0.118. The van der Waals surface area contributed by atoms with Crippen molar-refractivity contribution < 1.29 is 9.21 Å². The summed E-state index contributed by atoms with van der Waals surface area (Å²) < 4.78 is 5.45. The zero-order valence-corrected chi connectivity index (χ0v) is 13.7. The highest BCUT2D eigenvalue weighted by Crippen LogP contribution is 2.59. The molecule has 0 saturated heterocycles. The molecule has 22 heavy (non-hydrogen) atoms. The van der Waals surface area contributed by atoms with Crippen molar-refractivity contribution in [2.75, 3.05) is 5.32 Å². The molecule has 0 radical (unpaired) electrons. The van der Waals surface area contributed by atoms with Gasteiger partial charge in [0.1, 0.15) is 5.52 Å². The van der Waals surface area contributed by atoms with E-state index in [1.165, 1.54) is 5.57 Å². The van der Waals surface area contributed by atoms with Crippen molar-refractivity contribution in [1.82, 2.24) is 4.98 Å². The quantitative estimate of drug-likeness (QED) is 0.859. The van der Waals surface area contributed by atoms with E-state index in [1.807, 2.05) is 25.1 Å². The third-order valence-electron chi connectivity index (χ3n) is 4.47. The number of aromatic nitrogens is 1. The molecule has 1 aromatic heterocycles. The number of rotatable bonds is 3. The Morgan fingerprint density at radius 2 is 2.09 bits per heavy atom. The number of amides is 1. The second-order valence-corrected chi connectivity index (χ2v) is 6.97. The van der Waals surface area contributed by atoms with E-state index in [-0.39, 0.29) is 17.2 Å². The van der Waals surface area contributed by atoms with Gasteiger partial charge in [-0.2, -0.15) is 0 Å². The summed E-state index contributed by atoms with van der Waals surface area (Å²) in [5.41, 5.74) is 3.56. The number of hydrogen-bond acceptors (Lipinski definition) is 3. The first kappa shape index (κ1) is 14.8. The molecule has 0 bridgehead atoms. The number of hydrogen-bond donors (Lipinski definition) is 1. The number of nitrogens with one attached hydrogen (secondary N) is 1. The second-order valence-electron chi connectivity index (χ2n) is 6.97. The smallest absolute Gasteiger partial charge is 0.228 e. The molecule has 2 atom stereocenters. The van der Waals surface area contributed by atoms with Crippen molar-refractivity contribution >= 4 is 22.7 Å². The van der Waals surface area contributed by atoms with Gasteiger partial charge < -0.3 is 9.73 Å². The molecular weight excluding hydrogens is 276 g/mol. The number of benzene rings is 1. The first-order chi connectivity index (χ1) is 10.3. The maximum atomic E-state index is 12.5. The Morgan fingerprint density at radius 3 is 2.77 bits per heavy atom. The third-order valence-corrected chi connectivity index (χ3v) is 4.47. The van der Waals surface area contributed by atoms with Crippen LogP contribution in [0.5, 0.6) is 0 Å². The molecule has 1 heterocycles. The minimum Gasteiger partial charge on any atom is -0.441 e. The molecule has 1 aliphatic rings. The lowest BCUT2D eigenvalue weighted by Gasteiger charge is -2.05. The number of allylic oxidation sites excluding steroid dienone is 2. The standard InChI is InChI=1S/C18H22N2O2/c1-10(2)8-13-16(18(13,4)5)17(21)20-12-6-7-15-14(9-12)19-11(3)22-15/h6-9,13,16H,1-5H3,(H,20,21)/t13-,16-/m1/s1. The first-order valence-corrected chi connectivity index (χ1v) is 7.62. The fourth-order valence-corrected chi connectivity index (χ4v) is 3.19. The zero-order valence-electron chi connectivity index (χ0n) is 13.7. The lowest BCUT2D eigenvalue weighted by Crippen LogP contribution is -2.16. The van der Waals surface area contributed by atoms with Crippen molar-refractivity contribution in [3.63, 3.8) is 0 Å². The minimum atomic E-state index is 0.0237. The van der Waals surface area contributed by atoms with E-state index in [2.05, 4.69) is 44.1 Å². The van der Waals surface area contributed by atoms with Gasteiger partial charge in [0.25, 0.3) is 0 Å². The normalized spacial score (nSPS) is 22.4. The Hall–Kier alpha value is -2.10. The van der Waals surface area contributed by atoms with E-state index in [4.69, 9.17) is 4.42 Å². The monoisotopic (exact) mass is 298 g/mol. The minimum absolute atomic E-state index is 0.0237. The Kier molecular flexibility index (Phi) is 3.35. The fourth-order valence-electron chi connectivity index (χ4n) is 3.19. The van der Waals surface area contributed by atoms with Gasteiger partial charge in [-0.15, -0.1) is 0 Å². The Labute approximate surface area is 130 Å². The predicted molar refractivity (Wildman–Crippen MR) is 87.6 cm³/mol. The van der Waals surface area contributed by atoms with Gasteiger partial charge in [-0.1, -0.05) is 25.5 Å². The van der Waals surface area contributed by atoms with Gasteiger partial charge in [0, 0.05) is 12.6 Å². The van der Waals surface area contributed by atoms with Crippen molar-refractivity contribution in [2.24, 2.45) is 17.3 Å². The molecule has 2 aromatic rings. The summed E-state index contributed by atoms with van der Waals surface area (Å²) in [4.78, 5) is 16.8. The fraction of sp³-hybridized carbons (Fsp3) is 0.444. The van der Waals surface area contributed by atoms with E-state index in [0.29, 0.717) is 11.8 Å². The molecular formula is C18H22N2O2. The molecule has 0 aliphatic heterocycles. The summed E-state index contributed by atoms with van der Waals surface area (Å²) in [6.07, 6.45) is 2.20. The largest absolute Gasteiger partial charge is 0.441 e. The van der Waals surface area contributed by atoms with Crippen LogP contribution in [0.4, 0.5) is 5.69 Å². The summed E-state index contributed by atoms with van der Waals surface area (Å²) >= 11 is 0. The van der Waals surface area contributed by atoms with Crippen LogP contribution in [-0.4, -0.2) is 10.9 Å². The molecule has 116 valence electrons. The number of anilines is 1. The Morgan fingerprint density at radius 1 is 1.36 bits per heavy atom. The van der Waals surface area contributed by atoms with Crippen LogP contribution in [0.25, 0.3) is 11.1 Å². The van der Waals surface area contributed by atoms with Crippen LogP contribution in [0.2, 0.25) is 0 Å². The number of fused-ring (bicyclic) bond motifs is 1. The van der Waals surface area contributed by atoms with Crippen LogP contribution in [0.1, 0.15) is 33.6 Å². The van der Waals surface area contributed by atoms with E-state index in [9.17, 15) is 4.79 Å². The van der Waals surface area contributed by atoms with E-state index in [1.54, 1.807) is 0 Å². The highest BCUT2D eigenvalue weighted by atomic mass is 16.3.